The number of piperidine rings is 1. The number of carbonyl (C=O) groups is 2. The molecule has 0 bridgehead atoms. The summed E-state index contributed by atoms with van der Waals surface area (Å²) in [6, 6.07) is 0. The van der Waals surface area contributed by atoms with Crippen LogP contribution < -0.4 is 0 Å². The summed E-state index contributed by atoms with van der Waals surface area (Å²) < 4.78 is 10.7. The van der Waals surface area contributed by atoms with Gasteiger partial charge in [0.05, 0.1) is 29.0 Å². The molecule has 0 aromatic carbocycles. The van der Waals surface area contributed by atoms with Crippen LogP contribution in [0.25, 0.3) is 10.8 Å². The maximum Gasteiger partial charge on any atom is 0.309 e. The van der Waals surface area contributed by atoms with Crippen LogP contribution in [-0.4, -0.2) is 57.4 Å². The molecule has 0 N–H and O–H groups in total. The molecule has 1 aliphatic rings. The zero-order valence-electron chi connectivity index (χ0n) is 15.6. The van der Waals surface area contributed by atoms with Crippen molar-refractivity contribution in [1.29, 1.82) is 0 Å². The lowest BCUT2D eigenvalue weighted by Gasteiger charge is -2.30. The van der Waals surface area contributed by atoms with Gasteiger partial charge in [0.15, 0.2) is 0 Å². The first-order valence-corrected chi connectivity index (χ1v) is 10.6. The first-order chi connectivity index (χ1) is 13.0. The molecule has 0 saturated carbocycles. The molecular formula is C17H22N4O4S2. The average Bonchev–Trinajstić information content (AvgIpc) is 3.25. The number of aryl methyl sites for hydroxylation is 2. The molecule has 2 aromatic rings. The topological polar surface area (TPSA) is 98.4 Å². The smallest absolute Gasteiger partial charge is 0.309 e. The highest BCUT2D eigenvalue weighted by Gasteiger charge is 2.28. The summed E-state index contributed by atoms with van der Waals surface area (Å²) >= 11 is 2.73. The van der Waals surface area contributed by atoms with Crippen molar-refractivity contribution in [2.24, 2.45) is 5.92 Å². The molecule has 10 heteroatoms. The number of amides is 1. The summed E-state index contributed by atoms with van der Waals surface area (Å²) in [6.07, 6.45) is 1.29. The van der Waals surface area contributed by atoms with Gasteiger partial charge < -0.3 is 14.1 Å². The number of thioether (sulfide) groups is 1. The molecule has 27 heavy (non-hydrogen) atoms. The third-order valence-corrected chi connectivity index (χ3v) is 6.16. The van der Waals surface area contributed by atoms with Crippen LogP contribution in [0.15, 0.2) is 9.64 Å². The van der Waals surface area contributed by atoms with Gasteiger partial charge >= 0.3 is 5.97 Å². The lowest BCUT2D eigenvalue weighted by Crippen LogP contribution is -2.41. The number of aromatic nitrogens is 3. The highest BCUT2D eigenvalue weighted by Crippen LogP contribution is 2.30. The number of nitrogens with zero attached hydrogens (tertiary/aromatic N) is 4. The van der Waals surface area contributed by atoms with E-state index < -0.39 is 0 Å². The van der Waals surface area contributed by atoms with Crippen molar-refractivity contribution in [2.45, 2.75) is 38.8 Å². The lowest BCUT2D eigenvalue weighted by molar-refractivity contribution is -0.151. The van der Waals surface area contributed by atoms with E-state index in [2.05, 4.69) is 15.2 Å². The van der Waals surface area contributed by atoms with Gasteiger partial charge in [-0.2, -0.15) is 0 Å². The molecule has 3 rings (SSSR count). The Morgan fingerprint density at radius 2 is 2.04 bits per heavy atom. The Morgan fingerprint density at radius 1 is 1.30 bits per heavy atom. The third-order valence-electron chi connectivity index (χ3n) is 4.29. The molecule has 0 aliphatic carbocycles. The zero-order valence-corrected chi connectivity index (χ0v) is 17.2. The molecule has 1 aliphatic heterocycles. The van der Waals surface area contributed by atoms with E-state index in [0.29, 0.717) is 43.7 Å². The molecule has 146 valence electrons. The van der Waals surface area contributed by atoms with E-state index in [4.69, 9.17) is 9.15 Å². The monoisotopic (exact) mass is 410 g/mol. The number of esters is 1. The van der Waals surface area contributed by atoms with E-state index in [-0.39, 0.29) is 23.5 Å². The molecule has 3 heterocycles. The number of thiazole rings is 1. The van der Waals surface area contributed by atoms with Crippen molar-refractivity contribution < 1.29 is 18.7 Å². The van der Waals surface area contributed by atoms with E-state index in [0.717, 1.165) is 15.6 Å². The second-order valence-electron chi connectivity index (χ2n) is 6.22. The van der Waals surface area contributed by atoms with Gasteiger partial charge in [-0.1, -0.05) is 11.8 Å². The van der Waals surface area contributed by atoms with Gasteiger partial charge in [-0.15, -0.1) is 21.5 Å². The summed E-state index contributed by atoms with van der Waals surface area (Å²) in [5, 5.41) is 9.37. The van der Waals surface area contributed by atoms with Crippen LogP contribution >= 0.6 is 23.1 Å². The third kappa shape index (κ3) is 4.86. The van der Waals surface area contributed by atoms with E-state index in [1.807, 2.05) is 13.8 Å². The Kier molecular flexibility index (Phi) is 6.48. The molecule has 1 saturated heterocycles. The number of hydrogen-bond acceptors (Lipinski definition) is 9. The van der Waals surface area contributed by atoms with Crippen LogP contribution in [0.1, 0.15) is 30.5 Å². The van der Waals surface area contributed by atoms with Crippen molar-refractivity contribution in [3.63, 3.8) is 0 Å². The summed E-state index contributed by atoms with van der Waals surface area (Å²) in [7, 11) is 0. The van der Waals surface area contributed by atoms with Gasteiger partial charge in [0, 0.05) is 13.1 Å². The van der Waals surface area contributed by atoms with E-state index in [9.17, 15) is 9.59 Å². The van der Waals surface area contributed by atoms with Crippen molar-refractivity contribution in [1.82, 2.24) is 20.1 Å². The maximum absolute atomic E-state index is 12.4. The minimum absolute atomic E-state index is 0.00636. The van der Waals surface area contributed by atoms with Crippen molar-refractivity contribution in [3.05, 3.63) is 10.7 Å². The number of rotatable bonds is 6. The van der Waals surface area contributed by atoms with Gasteiger partial charge in [0.25, 0.3) is 11.1 Å². The van der Waals surface area contributed by atoms with Crippen LogP contribution in [0.4, 0.5) is 0 Å². The molecular weight excluding hydrogens is 388 g/mol. The second-order valence-corrected chi connectivity index (χ2v) is 8.35. The van der Waals surface area contributed by atoms with E-state index >= 15 is 0 Å². The van der Waals surface area contributed by atoms with Crippen LogP contribution in [0.3, 0.4) is 0 Å². The Bertz CT molecular complexity index is 812. The van der Waals surface area contributed by atoms with Gasteiger partial charge in [0.2, 0.25) is 5.91 Å². The Balaban J connectivity index is 1.49. The van der Waals surface area contributed by atoms with Gasteiger partial charge in [-0.3, -0.25) is 9.59 Å². The highest BCUT2D eigenvalue weighted by molar-refractivity contribution is 7.99. The average molecular weight is 411 g/mol. The van der Waals surface area contributed by atoms with Crippen LogP contribution in [0, 0.1) is 19.8 Å². The van der Waals surface area contributed by atoms with Crippen LogP contribution in [0.5, 0.6) is 0 Å². The zero-order chi connectivity index (χ0) is 19.4. The molecule has 0 spiro atoms. The quantitative estimate of drug-likeness (QED) is 0.529. The first kappa shape index (κ1) is 19.8. The molecule has 2 aromatic heterocycles. The fourth-order valence-electron chi connectivity index (χ4n) is 2.93. The Labute approximate surface area is 165 Å². The van der Waals surface area contributed by atoms with Gasteiger partial charge in [-0.25, -0.2) is 4.98 Å². The molecule has 0 radical (unpaired) electrons. The van der Waals surface area contributed by atoms with E-state index in [1.54, 1.807) is 11.8 Å². The SMILES string of the molecule is CCOC(=O)C1CCN(C(=O)CSc2nnc(-c3sc(C)nc3C)o2)CC1. The van der Waals surface area contributed by atoms with E-state index in [1.165, 1.54) is 23.1 Å². The summed E-state index contributed by atoms with van der Waals surface area (Å²) in [6.45, 7) is 7.15. The number of carbonyl (C=O) groups excluding carboxylic acids is 2. The van der Waals surface area contributed by atoms with Gasteiger partial charge in [-0.05, 0) is 33.6 Å². The standard InChI is InChI=1S/C17H22N4O4S2/c1-4-24-16(23)12-5-7-21(8-6-12)13(22)9-26-17-20-19-15(25-17)14-10(2)18-11(3)27-14/h12H,4-9H2,1-3H3. The molecule has 1 fully saturated rings. The van der Waals surface area contributed by atoms with Gasteiger partial charge in [0.1, 0.15) is 4.88 Å². The number of likely N-dealkylation sites (tertiary alicyclic amines) is 1. The fraction of sp³-hybridized carbons (Fsp3) is 0.588. The number of hydrogen-bond donors (Lipinski definition) is 0. The highest BCUT2D eigenvalue weighted by atomic mass is 32.2. The van der Waals surface area contributed by atoms with Crippen molar-refractivity contribution in [3.8, 4) is 10.8 Å². The molecule has 0 atom stereocenters. The largest absolute Gasteiger partial charge is 0.466 e. The second kappa shape index (κ2) is 8.83. The minimum Gasteiger partial charge on any atom is -0.466 e. The fourth-order valence-corrected chi connectivity index (χ4v) is 4.44. The minimum atomic E-state index is -0.161. The predicted molar refractivity (Wildman–Crippen MR) is 102 cm³/mol. The van der Waals surface area contributed by atoms with Crippen molar-refractivity contribution >= 4 is 35.0 Å². The first-order valence-electron chi connectivity index (χ1n) is 8.83. The maximum atomic E-state index is 12.4. The normalized spacial score (nSPS) is 15.1. The summed E-state index contributed by atoms with van der Waals surface area (Å²) in [5.41, 5.74) is 0.859. The molecule has 1 amide bonds. The Hall–Kier alpha value is -1.94. The number of ether oxygens (including phenoxy) is 1. The summed E-state index contributed by atoms with van der Waals surface area (Å²) in [5.74, 6) is 0.402. The van der Waals surface area contributed by atoms with Crippen LogP contribution in [-0.2, 0) is 14.3 Å². The van der Waals surface area contributed by atoms with Crippen LogP contribution in [0.2, 0.25) is 0 Å². The lowest BCUT2D eigenvalue weighted by atomic mass is 9.97. The van der Waals surface area contributed by atoms with Crippen molar-refractivity contribution in [2.75, 3.05) is 25.4 Å². The Morgan fingerprint density at radius 3 is 2.67 bits per heavy atom. The molecule has 0 unspecified atom stereocenters. The summed E-state index contributed by atoms with van der Waals surface area (Å²) in [4.78, 5) is 31.2. The predicted octanol–water partition coefficient (Wildman–Crippen LogP) is 2.70. The molecule has 8 nitrogen and oxygen atoms in total.